The molecule has 0 saturated carbocycles. The first kappa shape index (κ1) is 13.9. The second-order valence-corrected chi connectivity index (χ2v) is 3.76. The minimum absolute atomic E-state index is 0.116. The number of aromatic nitrogens is 2. The van der Waals surface area contributed by atoms with Gasteiger partial charge >= 0.3 is 5.97 Å². The van der Waals surface area contributed by atoms with Crippen LogP contribution in [0.2, 0.25) is 0 Å². The molecule has 1 heterocycles. The summed E-state index contributed by atoms with van der Waals surface area (Å²) in [6, 6.07) is 1.73. The van der Waals surface area contributed by atoms with Crippen LogP contribution in [0, 0.1) is 17.5 Å². The van der Waals surface area contributed by atoms with Gasteiger partial charge in [-0.25, -0.2) is 22.9 Å². The number of rotatable bonds is 3. The molecule has 0 aliphatic carbocycles. The van der Waals surface area contributed by atoms with Crippen molar-refractivity contribution in [1.29, 1.82) is 0 Å². The third-order valence-corrected chi connectivity index (χ3v) is 2.55. The molecule has 1 aromatic heterocycles. The predicted octanol–water partition coefficient (Wildman–Crippen LogP) is 2.05. The molecule has 0 aliphatic heterocycles. The lowest BCUT2D eigenvalue weighted by atomic mass is 10.2. The molecule has 2 aromatic rings. The summed E-state index contributed by atoms with van der Waals surface area (Å²) in [6.07, 6.45) is 1.03. The molecule has 106 valence electrons. The third-order valence-electron chi connectivity index (χ3n) is 2.55. The van der Waals surface area contributed by atoms with Crippen molar-refractivity contribution >= 4 is 11.8 Å². The van der Waals surface area contributed by atoms with Gasteiger partial charge in [-0.15, -0.1) is 0 Å². The zero-order chi connectivity index (χ0) is 14.9. The summed E-state index contributed by atoms with van der Waals surface area (Å²) in [5.41, 5.74) is 5.06. The minimum atomic E-state index is -1.63. The summed E-state index contributed by atoms with van der Waals surface area (Å²) in [5, 5.41) is 0. The number of nitrogens with zero attached hydrogens (tertiary/aromatic N) is 2. The molecule has 0 radical (unpaired) electrons. The molecule has 1 aromatic carbocycles. The normalized spacial score (nSPS) is 10.6. The number of ether oxygens (including phenoxy) is 1. The number of anilines is 1. The summed E-state index contributed by atoms with van der Waals surface area (Å²) in [6.45, 7) is 1.71. The molecule has 0 unspecified atom stereocenters. The van der Waals surface area contributed by atoms with Gasteiger partial charge in [0.2, 0.25) is 0 Å². The maximum Gasteiger partial charge on any atom is 0.360 e. The Balaban J connectivity index is 2.50. The first-order chi connectivity index (χ1) is 9.47. The van der Waals surface area contributed by atoms with E-state index in [1.807, 2.05) is 0 Å². The lowest BCUT2D eigenvalue weighted by molar-refractivity contribution is 0.0521. The van der Waals surface area contributed by atoms with Crippen LogP contribution in [0.3, 0.4) is 0 Å². The van der Waals surface area contributed by atoms with E-state index < -0.39 is 23.4 Å². The van der Waals surface area contributed by atoms with Crippen molar-refractivity contribution in [3.63, 3.8) is 0 Å². The molecule has 0 amide bonds. The molecule has 20 heavy (non-hydrogen) atoms. The standard InChI is InChI=1S/C12H10F3N3O2/c1-2-20-12(19)10-11(16)18(5-17-10)7-4-3-6(13)8(14)9(7)15/h3-5H,2,16H2,1H3. The lowest BCUT2D eigenvalue weighted by Crippen LogP contribution is -2.10. The Morgan fingerprint density at radius 2 is 2.05 bits per heavy atom. The Morgan fingerprint density at radius 1 is 1.35 bits per heavy atom. The van der Waals surface area contributed by atoms with Crippen LogP contribution in [0.15, 0.2) is 18.5 Å². The molecule has 0 saturated heterocycles. The molecule has 2 rings (SSSR count). The van der Waals surface area contributed by atoms with Crippen LogP contribution in [0.25, 0.3) is 5.69 Å². The van der Waals surface area contributed by atoms with E-state index in [2.05, 4.69) is 4.98 Å². The number of hydrogen-bond acceptors (Lipinski definition) is 4. The molecular weight excluding hydrogens is 275 g/mol. The smallest absolute Gasteiger partial charge is 0.360 e. The number of nitrogen functional groups attached to an aromatic ring is 1. The Kier molecular flexibility index (Phi) is 3.64. The van der Waals surface area contributed by atoms with Gasteiger partial charge in [0.05, 0.1) is 12.3 Å². The summed E-state index contributed by atoms with van der Waals surface area (Å²) in [4.78, 5) is 15.2. The van der Waals surface area contributed by atoms with Gasteiger partial charge in [-0.2, -0.15) is 0 Å². The van der Waals surface area contributed by atoms with E-state index in [-0.39, 0.29) is 23.8 Å². The molecule has 0 atom stereocenters. The van der Waals surface area contributed by atoms with Gasteiger partial charge in [0.15, 0.2) is 23.1 Å². The van der Waals surface area contributed by atoms with Crippen molar-refractivity contribution in [2.45, 2.75) is 6.92 Å². The average Bonchev–Trinajstić information content (AvgIpc) is 2.79. The van der Waals surface area contributed by atoms with Crippen LogP contribution >= 0.6 is 0 Å². The van der Waals surface area contributed by atoms with E-state index >= 15 is 0 Å². The maximum atomic E-state index is 13.7. The molecule has 0 bridgehead atoms. The van der Waals surface area contributed by atoms with Crippen LogP contribution in [0.1, 0.15) is 17.4 Å². The van der Waals surface area contributed by atoms with E-state index in [9.17, 15) is 18.0 Å². The quantitative estimate of drug-likeness (QED) is 0.692. The summed E-state index contributed by atoms with van der Waals surface area (Å²) < 4.78 is 45.3. The van der Waals surface area contributed by atoms with Gasteiger partial charge < -0.3 is 10.5 Å². The number of imidazole rings is 1. The second kappa shape index (κ2) is 5.24. The molecule has 0 spiro atoms. The van der Waals surface area contributed by atoms with E-state index in [0.717, 1.165) is 23.0 Å². The molecular formula is C12H10F3N3O2. The second-order valence-electron chi connectivity index (χ2n) is 3.76. The minimum Gasteiger partial charge on any atom is -0.461 e. The van der Waals surface area contributed by atoms with Gasteiger partial charge in [-0.05, 0) is 19.1 Å². The predicted molar refractivity (Wildman–Crippen MR) is 63.8 cm³/mol. The van der Waals surface area contributed by atoms with Crippen molar-refractivity contribution in [1.82, 2.24) is 9.55 Å². The number of carbonyl (C=O) groups excluding carboxylic acids is 1. The molecule has 2 N–H and O–H groups in total. The highest BCUT2D eigenvalue weighted by Gasteiger charge is 2.21. The van der Waals surface area contributed by atoms with Crippen LogP contribution in [-0.2, 0) is 4.74 Å². The number of esters is 1. The van der Waals surface area contributed by atoms with Gasteiger partial charge in [-0.3, -0.25) is 4.57 Å². The number of carbonyl (C=O) groups is 1. The van der Waals surface area contributed by atoms with E-state index in [0.29, 0.717) is 0 Å². The van der Waals surface area contributed by atoms with E-state index in [4.69, 9.17) is 10.5 Å². The fraction of sp³-hybridized carbons (Fsp3) is 0.167. The maximum absolute atomic E-state index is 13.7. The van der Waals surface area contributed by atoms with Gasteiger partial charge in [0, 0.05) is 0 Å². The molecule has 8 heteroatoms. The summed E-state index contributed by atoms with van der Waals surface area (Å²) >= 11 is 0. The van der Waals surface area contributed by atoms with E-state index in [1.54, 1.807) is 6.92 Å². The van der Waals surface area contributed by atoms with Crippen molar-refractivity contribution in [3.8, 4) is 5.69 Å². The zero-order valence-electron chi connectivity index (χ0n) is 10.4. The lowest BCUT2D eigenvalue weighted by Gasteiger charge is -2.07. The third kappa shape index (κ3) is 2.20. The van der Waals surface area contributed by atoms with Crippen molar-refractivity contribution in [3.05, 3.63) is 41.6 Å². The first-order valence-corrected chi connectivity index (χ1v) is 5.61. The van der Waals surface area contributed by atoms with Crippen LogP contribution in [0.5, 0.6) is 0 Å². The number of halogens is 3. The van der Waals surface area contributed by atoms with E-state index in [1.165, 1.54) is 0 Å². The molecule has 5 nitrogen and oxygen atoms in total. The van der Waals surface area contributed by atoms with Crippen molar-refractivity contribution in [2.24, 2.45) is 0 Å². The fourth-order valence-electron chi connectivity index (χ4n) is 1.61. The Bertz CT molecular complexity index is 670. The summed E-state index contributed by atoms with van der Waals surface area (Å²) in [7, 11) is 0. The Hall–Kier alpha value is -2.51. The summed E-state index contributed by atoms with van der Waals surface area (Å²) in [5.74, 6) is -5.39. The van der Waals surface area contributed by atoms with Gasteiger partial charge in [0.1, 0.15) is 12.1 Å². The monoisotopic (exact) mass is 285 g/mol. The Labute approximate surface area is 111 Å². The fourth-order valence-corrected chi connectivity index (χ4v) is 1.61. The Morgan fingerprint density at radius 3 is 2.70 bits per heavy atom. The highest BCUT2D eigenvalue weighted by Crippen LogP contribution is 2.23. The zero-order valence-corrected chi connectivity index (χ0v) is 10.4. The van der Waals surface area contributed by atoms with Gasteiger partial charge in [0.25, 0.3) is 0 Å². The van der Waals surface area contributed by atoms with Crippen molar-refractivity contribution in [2.75, 3.05) is 12.3 Å². The number of nitrogens with two attached hydrogens (primary N) is 1. The van der Waals surface area contributed by atoms with Gasteiger partial charge in [-0.1, -0.05) is 0 Å². The molecule has 0 fully saturated rings. The van der Waals surface area contributed by atoms with Crippen LogP contribution < -0.4 is 5.73 Å². The first-order valence-electron chi connectivity index (χ1n) is 5.61. The van der Waals surface area contributed by atoms with Crippen LogP contribution in [0.4, 0.5) is 19.0 Å². The van der Waals surface area contributed by atoms with Crippen LogP contribution in [-0.4, -0.2) is 22.1 Å². The SMILES string of the molecule is CCOC(=O)c1ncn(-c2ccc(F)c(F)c2F)c1N. The van der Waals surface area contributed by atoms with Crippen molar-refractivity contribution < 1.29 is 22.7 Å². The highest BCUT2D eigenvalue weighted by atomic mass is 19.2. The number of hydrogen-bond donors (Lipinski definition) is 1. The molecule has 0 aliphatic rings. The average molecular weight is 285 g/mol. The highest BCUT2D eigenvalue weighted by molar-refractivity contribution is 5.92. The largest absolute Gasteiger partial charge is 0.461 e. The topological polar surface area (TPSA) is 70.1 Å². The number of benzene rings is 1.